The van der Waals surface area contributed by atoms with Gasteiger partial charge in [-0.15, -0.1) is 23.7 Å². The summed E-state index contributed by atoms with van der Waals surface area (Å²) in [6.07, 6.45) is 0. The molecule has 1 aromatic carbocycles. The zero-order valence-electron chi connectivity index (χ0n) is 9.72. The normalized spacial score (nSPS) is 12.7. The topological polar surface area (TPSA) is 30.5 Å². The molecule has 0 fully saturated rings. The second-order valence-corrected chi connectivity index (χ2v) is 4.82. The fraction of sp³-hybridized carbons (Fsp3) is 0.231. The third-order valence-electron chi connectivity index (χ3n) is 2.59. The highest BCUT2D eigenvalue weighted by Crippen LogP contribution is 2.32. The number of benzene rings is 1. The number of hydrogen-bond acceptors (Lipinski definition) is 4. The number of anilines is 1. The summed E-state index contributed by atoms with van der Waals surface area (Å²) >= 11 is 1.75. The molecule has 1 aromatic heterocycles. The first-order valence-electron chi connectivity index (χ1n) is 5.58. The van der Waals surface area contributed by atoms with E-state index in [0.29, 0.717) is 13.2 Å². The molecule has 18 heavy (non-hydrogen) atoms. The smallest absolute Gasteiger partial charge is 0.163 e. The van der Waals surface area contributed by atoms with Crippen molar-refractivity contribution in [3.05, 3.63) is 40.6 Å². The van der Waals surface area contributed by atoms with E-state index >= 15 is 0 Å². The molecule has 0 amide bonds. The fourth-order valence-corrected chi connectivity index (χ4v) is 2.40. The highest BCUT2D eigenvalue weighted by atomic mass is 35.5. The first-order chi connectivity index (χ1) is 8.42. The van der Waals surface area contributed by atoms with Crippen molar-refractivity contribution in [2.45, 2.75) is 6.54 Å². The van der Waals surface area contributed by atoms with Crippen LogP contribution in [0.4, 0.5) is 5.69 Å². The summed E-state index contributed by atoms with van der Waals surface area (Å²) in [6.45, 7) is 2.10. The van der Waals surface area contributed by atoms with Gasteiger partial charge in [0.25, 0.3) is 0 Å². The number of rotatable bonds is 3. The Hall–Kier alpha value is -1.39. The van der Waals surface area contributed by atoms with Gasteiger partial charge in [-0.25, -0.2) is 0 Å². The highest BCUT2D eigenvalue weighted by molar-refractivity contribution is 7.09. The molecule has 0 unspecified atom stereocenters. The summed E-state index contributed by atoms with van der Waals surface area (Å²) < 4.78 is 11.0. The van der Waals surface area contributed by atoms with Crippen molar-refractivity contribution in [3.63, 3.8) is 0 Å². The van der Waals surface area contributed by atoms with Gasteiger partial charge in [-0.1, -0.05) is 6.07 Å². The van der Waals surface area contributed by atoms with Crippen LogP contribution < -0.4 is 14.8 Å². The molecule has 2 heterocycles. The molecule has 0 aliphatic carbocycles. The third kappa shape index (κ3) is 2.89. The molecule has 5 heteroatoms. The maximum Gasteiger partial charge on any atom is 0.163 e. The molecule has 2 aromatic rings. The van der Waals surface area contributed by atoms with Gasteiger partial charge in [-0.2, -0.15) is 0 Å². The van der Waals surface area contributed by atoms with Crippen molar-refractivity contribution in [3.8, 4) is 11.5 Å². The zero-order valence-corrected chi connectivity index (χ0v) is 11.4. The van der Waals surface area contributed by atoms with Crippen LogP contribution in [0.5, 0.6) is 11.5 Å². The molecule has 0 atom stereocenters. The van der Waals surface area contributed by atoms with Gasteiger partial charge in [0.05, 0.1) is 0 Å². The molecule has 96 valence electrons. The molecular weight excluding hydrogens is 270 g/mol. The number of fused-ring (bicyclic) bond motifs is 1. The number of hydrogen-bond donors (Lipinski definition) is 1. The van der Waals surface area contributed by atoms with Gasteiger partial charge in [0.2, 0.25) is 0 Å². The van der Waals surface area contributed by atoms with Crippen LogP contribution in [0.15, 0.2) is 35.7 Å². The van der Waals surface area contributed by atoms with Crippen LogP contribution in [-0.4, -0.2) is 13.2 Å². The average Bonchev–Trinajstić information content (AvgIpc) is 2.89. The largest absolute Gasteiger partial charge is 0.486 e. The summed E-state index contributed by atoms with van der Waals surface area (Å²) in [5.74, 6) is 1.66. The van der Waals surface area contributed by atoms with E-state index in [0.717, 1.165) is 23.7 Å². The van der Waals surface area contributed by atoms with Crippen molar-refractivity contribution in [2.75, 3.05) is 18.5 Å². The Labute approximate surface area is 116 Å². The number of halogens is 1. The van der Waals surface area contributed by atoms with Crippen molar-refractivity contribution in [1.29, 1.82) is 0 Å². The summed E-state index contributed by atoms with van der Waals surface area (Å²) in [5.41, 5.74) is 1.06. The minimum atomic E-state index is 0. The lowest BCUT2D eigenvalue weighted by atomic mass is 10.2. The van der Waals surface area contributed by atoms with Crippen molar-refractivity contribution in [1.82, 2.24) is 0 Å². The maximum absolute atomic E-state index is 5.54. The van der Waals surface area contributed by atoms with Gasteiger partial charge < -0.3 is 14.8 Å². The molecule has 0 radical (unpaired) electrons. The zero-order chi connectivity index (χ0) is 11.5. The Balaban J connectivity index is 0.00000120. The van der Waals surface area contributed by atoms with Crippen LogP contribution in [0.2, 0.25) is 0 Å². The predicted molar refractivity (Wildman–Crippen MR) is 76.3 cm³/mol. The Morgan fingerprint density at radius 3 is 2.72 bits per heavy atom. The summed E-state index contributed by atoms with van der Waals surface area (Å²) in [7, 11) is 0. The van der Waals surface area contributed by atoms with Gasteiger partial charge in [0.1, 0.15) is 13.2 Å². The minimum absolute atomic E-state index is 0. The van der Waals surface area contributed by atoms with E-state index in [1.54, 1.807) is 11.3 Å². The molecule has 1 aliphatic heterocycles. The van der Waals surface area contributed by atoms with E-state index < -0.39 is 0 Å². The van der Waals surface area contributed by atoms with E-state index in [4.69, 9.17) is 9.47 Å². The molecule has 0 bridgehead atoms. The Bertz CT molecular complexity index is 502. The Morgan fingerprint density at radius 1 is 1.11 bits per heavy atom. The summed E-state index contributed by atoms with van der Waals surface area (Å²) in [4.78, 5) is 1.32. The SMILES string of the molecule is Cl.c1csc(CNc2ccc3c(c2)OCCO3)c1. The predicted octanol–water partition coefficient (Wildman–Crippen LogP) is 3.55. The van der Waals surface area contributed by atoms with Crippen LogP contribution in [0.3, 0.4) is 0 Å². The van der Waals surface area contributed by atoms with Crippen molar-refractivity contribution in [2.24, 2.45) is 0 Å². The van der Waals surface area contributed by atoms with Crippen LogP contribution in [0.1, 0.15) is 4.88 Å². The minimum Gasteiger partial charge on any atom is -0.486 e. The van der Waals surface area contributed by atoms with Crippen LogP contribution in [0, 0.1) is 0 Å². The number of ether oxygens (including phenoxy) is 2. The molecule has 1 N–H and O–H groups in total. The monoisotopic (exact) mass is 283 g/mol. The molecule has 0 saturated heterocycles. The fourth-order valence-electron chi connectivity index (χ4n) is 1.76. The third-order valence-corrected chi connectivity index (χ3v) is 3.47. The van der Waals surface area contributed by atoms with Crippen LogP contribution >= 0.6 is 23.7 Å². The van der Waals surface area contributed by atoms with Crippen LogP contribution in [-0.2, 0) is 6.54 Å². The van der Waals surface area contributed by atoms with Gasteiger partial charge in [-0.05, 0) is 23.6 Å². The summed E-state index contributed by atoms with van der Waals surface area (Å²) in [5, 5.41) is 5.46. The Kier molecular flexibility index (Phi) is 4.33. The lowest BCUT2D eigenvalue weighted by Gasteiger charge is -2.19. The molecule has 1 aliphatic rings. The van der Waals surface area contributed by atoms with Gasteiger partial charge in [0.15, 0.2) is 11.5 Å². The van der Waals surface area contributed by atoms with E-state index in [1.165, 1.54) is 4.88 Å². The Morgan fingerprint density at radius 2 is 1.94 bits per heavy atom. The molecule has 0 spiro atoms. The molecule has 3 nitrogen and oxygen atoms in total. The van der Waals surface area contributed by atoms with Gasteiger partial charge in [0, 0.05) is 23.2 Å². The first kappa shape index (κ1) is 13.1. The van der Waals surface area contributed by atoms with E-state index in [-0.39, 0.29) is 12.4 Å². The van der Waals surface area contributed by atoms with E-state index in [1.807, 2.05) is 18.2 Å². The van der Waals surface area contributed by atoms with Crippen LogP contribution in [0.25, 0.3) is 0 Å². The van der Waals surface area contributed by atoms with Crippen molar-refractivity contribution >= 4 is 29.4 Å². The number of thiophene rings is 1. The van der Waals surface area contributed by atoms with Gasteiger partial charge in [-0.3, -0.25) is 0 Å². The second kappa shape index (κ2) is 5.98. The maximum atomic E-state index is 5.54. The first-order valence-corrected chi connectivity index (χ1v) is 6.46. The van der Waals surface area contributed by atoms with Gasteiger partial charge >= 0.3 is 0 Å². The van der Waals surface area contributed by atoms with E-state index in [9.17, 15) is 0 Å². The lowest BCUT2D eigenvalue weighted by Crippen LogP contribution is -2.15. The van der Waals surface area contributed by atoms with E-state index in [2.05, 4.69) is 22.8 Å². The standard InChI is InChI=1S/C13H13NO2S.ClH/c1-2-11(17-7-1)9-14-10-3-4-12-13(8-10)16-6-5-15-12;/h1-4,7-8,14H,5-6,9H2;1H. The molecule has 0 saturated carbocycles. The molecule has 3 rings (SSSR count). The highest BCUT2D eigenvalue weighted by Gasteiger charge is 2.11. The average molecular weight is 284 g/mol. The summed E-state index contributed by atoms with van der Waals surface area (Å²) in [6, 6.07) is 10.1. The second-order valence-electron chi connectivity index (χ2n) is 3.79. The van der Waals surface area contributed by atoms with Crippen molar-refractivity contribution < 1.29 is 9.47 Å². The quantitative estimate of drug-likeness (QED) is 0.934. The number of nitrogens with one attached hydrogen (secondary N) is 1. The lowest BCUT2D eigenvalue weighted by molar-refractivity contribution is 0.171. The molecular formula is C13H14ClNO2S.